The van der Waals surface area contributed by atoms with Crippen molar-refractivity contribution in [1.29, 1.82) is 0 Å². The van der Waals surface area contributed by atoms with Gasteiger partial charge in [-0.15, -0.1) is 0 Å². The molecule has 2 fully saturated rings. The van der Waals surface area contributed by atoms with Crippen LogP contribution in [0.1, 0.15) is 29.6 Å². The molecule has 0 spiro atoms. The van der Waals surface area contributed by atoms with E-state index >= 15 is 0 Å². The van der Waals surface area contributed by atoms with Crippen molar-refractivity contribution in [3.05, 3.63) is 28.2 Å². The van der Waals surface area contributed by atoms with Crippen LogP contribution in [0.2, 0.25) is 0 Å². The summed E-state index contributed by atoms with van der Waals surface area (Å²) < 4.78 is 0.792. The van der Waals surface area contributed by atoms with Crippen molar-refractivity contribution in [2.75, 3.05) is 18.8 Å². The summed E-state index contributed by atoms with van der Waals surface area (Å²) in [7, 11) is 0. The zero-order chi connectivity index (χ0) is 13.4. The number of rotatable bonds is 2. The molecule has 5 heteroatoms. The van der Waals surface area contributed by atoms with E-state index in [9.17, 15) is 4.79 Å². The molecule has 3 rings (SSSR count). The summed E-state index contributed by atoms with van der Waals surface area (Å²) in [5.41, 5.74) is 6.98. The average molecular weight is 324 g/mol. The fourth-order valence-electron chi connectivity index (χ4n) is 3.21. The maximum absolute atomic E-state index is 12.3. The van der Waals surface area contributed by atoms with Gasteiger partial charge in [0.15, 0.2) is 0 Å². The van der Waals surface area contributed by atoms with Gasteiger partial charge in [-0.25, -0.2) is 0 Å². The van der Waals surface area contributed by atoms with Crippen molar-refractivity contribution >= 4 is 27.5 Å². The van der Waals surface area contributed by atoms with E-state index in [0.717, 1.165) is 17.4 Å². The van der Waals surface area contributed by atoms with Crippen LogP contribution in [0, 0.1) is 0 Å². The summed E-state index contributed by atoms with van der Waals surface area (Å²) in [5.74, 6) is -0.0297. The second kappa shape index (κ2) is 5.13. The molecule has 0 bridgehead atoms. The van der Waals surface area contributed by atoms with E-state index < -0.39 is 0 Å². The number of hydrogen-bond donors (Lipinski definition) is 2. The molecule has 4 nitrogen and oxygen atoms in total. The SMILES string of the molecule is Nc1ccc(Br)c(C(=O)NC2CCN3CCCC23)c1. The number of nitrogens with one attached hydrogen (secondary N) is 1. The summed E-state index contributed by atoms with van der Waals surface area (Å²) in [6.45, 7) is 2.28. The van der Waals surface area contributed by atoms with E-state index in [4.69, 9.17) is 5.73 Å². The van der Waals surface area contributed by atoms with Gasteiger partial charge >= 0.3 is 0 Å². The number of benzene rings is 1. The van der Waals surface area contributed by atoms with Gasteiger partial charge in [0, 0.05) is 28.8 Å². The average Bonchev–Trinajstić information content (AvgIpc) is 2.97. The summed E-state index contributed by atoms with van der Waals surface area (Å²) in [4.78, 5) is 14.8. The first-order valence-corrected chi connectivity index (χ1v) is 7.54. The van der Waals surface area contributed by atoms with Gasteiger partial charge in [0.05, 0.1) is 5.56 Å². The van der Waals surface area contributed by atoms with Crippen molar-refractivity contribution in [2.24, 2.45) is 0 Å². The maximum atomic E-state index is 12.3. The topological polar surface area (TPSA) is 58.4 Å². The second-order valence-electron chi connectivity index (χ2n) is 5.35. The van der Waals surface area contributed by atoms with Gasteiger partial charge < -0.3 is 11.1 Å². The highest BCUT2D eigenvalue weighted by atomic mass is 79.9. The lowest BCUT2D eigenvalue weighted by atomic mass is 10.1. The van der Waals surface area contributed by atoms with Crippen LogP contribution in [0.25, 0.3) is 0 Å². The molecule has 2 saturated heterocycles. The van der Waals surface area contributed by atoms with Crippen LogP contribution >= 0.6 is 15.9 Å². The Morgan fingerprint density at radius 2 is 2.21 bits per heavy atom. The monoisotopic (exact) mass is 323 g/mol. The molecule has 1 amide bonds. The first kappa shape index (κ1) is 12.9. The van der Waals surface area contributed by atoms with Crippen LogP contribution in [0.15, 0.2) is 22.7 Å². The van der Waals surface area contributed by atoms with Crippen molar-refractivity contribution < 1.29 is 4.79 Å². The molecule has 1 aromatic carbocycles. The second-order valence-corrected chi connectivity index (χ2v) is 6.21. The fraction of sp³-hybridized carbons (Fsp3) is 0.500. The Kier molecular flexibility index (Phi) is 3.50. The molecule has 0 saturated carbocycles. The normalized spacial score (nSPS) is 26.4. The van der Waals surface area contributed by atoms with Crippen molar-refractivity contribution in [3.8, 4) is 0 Å². The molecule has 0 aliphatic carbocycles. The largest absolute Gasteiger partial charge is 0.399 e. The third-order valence-electron chi connectivity index (χ3n) is 4.16. The summed E-state index contributed by atoms with van der Waals surface area (Å²) >= 11 is 3.41. The van der Waals surface area contributed by atoms with Gasteiger partial charge in [0.2, 0.25) is 0 Å². The number of nitrogen functional groups attached to an aromatic ring is 1. The number of amides is 1. The predicted octanol–water partition coefficient (Wildman–Crippen LogP) is 2.00. The predicted molar refractivity (Wildman–Crippen MR) is 79.0 cm³/mol. The summed E-state index contributed by atoms with van der Waals surface area (Å²) in [6, 6.07) is 6.14. The molecule has 2 atom stereocenters. The summed E-state index contributed by atoms with van der Waals surface area (Å²) in [5, 5.41) is 3.17. The van der Waals surface area contributed by atoms with Crippen LogP contribution in [0.4, 0.5) is 5.69 Å². The van der Waals surface area contributed by atoms with Crippen LogP contribution in [0.3, 0.4) is 0 Å². The highest BCUT2D eigenvalue weighted by molar-refractivity contribution is 9.10. The van der Waals surface area contributed by atoms with E-state index in [1.54, 1.807) is 12.1 Å². The molecule has 0 radical (unpaired) electrons. The fourth-order valence-corrected chi connectivity index (χ4v) is 3.64. The highest BCUT2D eigenvalue weighted by Gasteiger charge is 2.37. The van der Waals surface area contributed by atoms with Crippen LogP contribution in [-0.2, 0) is 0 Å². The lowest BCUT2D eigenvalue weighted by molar-refractivity contribution is 0.0929. The third-order valence-corrected chi connectivity index (χ3v) is 4.85. The Hall–Kier alpha value is -1.07. The highest BCUT2D eigenvalue weighted by Crippen LogP contribution is 2.28. The number of carbonyl (C=O) groups is 1. The molecule has 0 aromatic heterocycles. The van der Waals surface area contributed by atoms with E-state index in [1.165, 1.54) is 19.4 Å². The lowest BCUT2D eigenvalue weighted by Gasteiger charge is -2.21. The zero-order valence-electron chi connectivity index (χ0n) is 10.7. The Morgan fingerprint density at radius 3 is 3.05 bits per heavy atom. The Labute approximate surface area is 121 Å². The van der Waals surface area contributed by atoms with E-state index in [0.29, 0.717) is 17.3 Å². The summed E-state index contributed by atoms with van der Waals surface area (Å²) in [6.07, 6.45) is 3.50. The van der Waals surface area contributed by atoms with Crippen molar-refractivity contribution in [3.63, 3.8) is 0 Å². The van der Waals surface area contributed by atoms with Gasteiger partial charge in [-0.2, -0.15) is 0 Å². The molecular weight excluding hydrogens is 306 g/mol. The third kappa shape index (κ3) is 2.49. The Balaban J connectivity index is 1.73. The number of anilines is 1. The minimum Gasteiger partial charge on any atom is -0.399 e. The number of carbonyl (C=O) groups excluding carboxylic acids is 1. The van der Waals surface area contributed by atoms with Gasteiger partial charge in [0.1, 0.15) is 0 Å². The first-order valence-electron chi connectivity index (χ1n) is 6.75. The quantitative estimate of drug-likeness (QED) is 0.818. The van der Waals surface area contributed by atoms with E-state index in [2.05, 4.69) is 26.1 Å². The number of hydrogen-bond acceptors (Lipinski definition) is 3. The van der Waals surface area contributed by atoms with Gasteiger partial charge in [0.25, 0.3) is 5.91 Å². The van der Waals surface area contributed by atoms with Crippen molar-refractivity contribution in [2.45, 2.75) is 31.3 Å². The Morgan fingerprint density at radius 1 is 1.37 bits per heavy atom. The lowest BCUT2D eigenvalue weighted by Crippen LogP contribution is -2.42. The van der Waals surface area contributed by atoms with E-state index in [1.807, 2.05) is 6.07 Å². The van der Waals surface area contributed by atoms with Gasteiger partial charge in [-0.3, -0.25) is 9.69 Å². The molecule has 3 N–H and O–H groups in total. The standard InChI is InChI=1S/C14H18BrN3O/c15-11-4-3-9(16)8-10(11)14(19)17-12-5-7-18-6-1-2-13(12)18/h3-4,8,12-13H,1-2,5-7,16H2,(H,17,19). The minimum absolute atomic E-state index is 0.0297. The molecular formula is C14H18BrN3O. The zero-order valence-corrected chi connectivity index (χ0v) is 12.3. The number of halogens is 1. The smallest absolute Gasteiger partial charge is 0.252 e. The number of fused-ring (bicyclic) bond motifs is 1. The van der Waals surface area contributed by atoms with Gasteiger partial charge in [-0.1, -0.05) is 0 Å². The Bertz CT molecular complexity index is 505. The molecule has 2 aliphatic heterocycles. The molecule has 102 valence electrons. The molecule has 19 heavy (non-hydrogen) atoms. The van der Waals surface area contributed by atoms with Crippen LogP contribution in [0.5, 0.6) is 0 Å². The van der Waals surface area contributed by atoms with Crippen molar-refractivity contribution in [1.82, 2.24) is 10.2 Å². The molecule has 2 aliphatic rings. The first-order chi connectivity index (χ1) is 9.15. The molecule has 2 heterocycles. The molecule has 1 aromatic rings. The minimum atomic E-state index is -0.0297. The number of nitrogens with zero attached hydrogens (tertiary/aromatic N) is 1. The molecule has 2 unspecified atom stereocenters. The van der Waals surface area contributed by atoms with Crippen LogP contribution < -0.4 is 11.1 Å². The maximum Gasteiger partial charge on any atom is 0.252 e. The van der Waals surface area contributed by atoms with E-state index in [-0.39, 0.29) is 11.9 Å². The van der Waals surface area contributed by atoms with Crippen LogP contribution in [-0.4, -0.2) is 36.0 Å². The number of nitrogens with two attached hydrogens (primary N) is 1. The van der Waals surface area contributed by atoms with Gasteiger partial charge in [-0.05, 0) is 59.9 Å².